The molecule has 3 N–H and O–H groups in total. The smallest absolute Gasteiger partial charge is 0.269 e. The van der Waals surface area contributed by atoms with E-state index >= 15 is 0 Å². The van der Waals surface area contributed by atoms with Crippen molar-refractivity contribution >= 4 is 28.9 Å². The summed E-state index contributed by atoms with van der Waals surface area (Å²) in [6, 6.07) is 8.75. The number of hydrogen-bond donors (Lipinski definition) is 3. The summed E-state index contributed by atoms with van der Waals surface area (Å²) in [6.07, 6.45) is 1.55. The molecule has 2 rings (SSSR count). The number of nitro benzene ring substituents is 1. The van der Waals surface area contributed by atoms with Crippen LogP contribution in [0.25, 0.3) is 0 Å². The second kappa shape index (κ2) is 7.18. The fraction of sp³-hybridized carbons (Fsp3) is 0.0769. The van der Waals surface area contributed by atoms with Crippen molar-refractivity contribution in [2.45, 2.75) is 6.54 Å². The third-order valence-electron chi connectivity index (χ3n) is 2.63. The van der Waals surface area contributed by atoms with E-state index in [-0.39, 0.29) is 16.4 Å². The molecule has 0 spiro atoms. The van der Waals surface area contributed by atoms with Crippen molar-refractivity contribution in [2.75, 3.05) is 0 Å². The summed E-state index contributed by atoms with van der Waals surface area (Å²) in [5.41, 5.74) is 5.10. The second-order valence-corrected chi connectivity index (χ2v) is 4.55. The number of nitro groups is 1. The van der Waals surface area contributed by atoms with Crippen molar-refractivity contribution < 1.29 is 14.1 Å². The number of carbonyl (C=O) groups excluding carboxylic acids is 1. The lowest BCUT2D eigenvalue weighted by Gasteiger charge is -2.10. The van der Waals surface area contributed by atoms with Crippen LogP contribution in [0, 0.1) is 10.1 Å². The molecule has 0 aliphatic carbocycles. The molecule has 1 heterocycles. The molecule has 8 nitrogen and oxygen atoms in total. The lowest BCUT2D eigenvalue weighted by atomic mass is 10.2. The number of nitrogens with one attached hydrogen (secondary N) is 3. The molecule has 0 bridgehead atoms. The summed E-state index contributed by atoms with van der Waals surface area (Å²) in [6.45, 7) is 0.381. The van der Waals surface area contributed by atoms with Gasteiger partial charge in [-0.3, -0.25) is 25.8 Å². The van der Waals surface area contributed by atoms with Crippen molar-refractivity contribution in [1.82, 2.24) is 16.2 Å². The van der Waals surface area contributed by atoms with Gasteiger partial charge in [0.1, 0.15) is 5.76 Å². The minimum Gasteiger partial charge on any atom is -0.467 e. The van der Waals surface area contributed by atoms with Crippen LogP contribution in [0.5, 0.6) is 0 Å². The fourth-order valence-electron chi connectivity index (χ4n) is 1.54. The van der Waals surface area contributed by atoms with Crippen LogP contribution < -0.4 is 16.2 Å². The van der Waals surface area contributed by atoms with Crippen LogP contribution >= 0.6 is 12.2 Å². The largest absolute Gasteiger partial charge is 0.467 e. The number of furan rings is 1. The molecular weight excluding hydrogens is 308 g/mol. The standard InChI is InChI=1S/C13H12N4O4S/c18-12(9-3-5-10(6-4-9)17(19)20)15-16-13(22)14-8-11-2-1-7-21-11/h1-7H,8H2,(H,15,18)(H2,14,16,22). The first-order chi connectivity index (χ1) is 10.6. The highest BCUT2D eigenvalue weighted by Crippen LogP contribution is 2.11. The Balaban J connectivity index is 1.79. The Hall–Kier alpha value is -2.94. The van der Waals surface area contributed by atoms with Crippen molar-refractivity contribution in [3.63, 3.8) is 0 Å². The summed E-state index contributed by atoms with van der Waals surface area (Å²) in [4.78, 5) is 21.8. The van der Waals surface area contributed by atoms with Crippen molar-refractivity contribution in [2.24, 2.45) is 0 Å². The summed E-state index contributed by atoms with van der Waals surface area (Å²) < 4.78 is 5.12. The first kappa shape index (κ1) is 15.4. The number of non-ortho nitro benzene ring substituents is 1. The highest BCUT2D eigenvalue weighted by atomic mass is 32.1. The number of amides is 1. The molecule has 0 saturated heterocycles. The van der Waals surface area contributed by atoms with Gasteiger partial charge in [0, 0.05) is 17.7 Å². The number of thiocarbonyl (C=S) groups is 1. The van der Waals surface area contributed by atoms with E-state index in [4.69, 9.17) is 16.6 Å². The Kier molecular flexibility index (Phi) is 5.04. The number of rotatable bonds is 4. The molecule has 0 unspecified atom stereocenters. The van der Waals surface area contributed by atoms with Crippen LogP contribution in [0.4, 0.5) is 5.69 Å². The van der Waals surface area contributed by atoms with Crippen molar-refractivity contribution in [3.8, 4) is 0 Å². The maximum atomic E-state index is 11.8. The quantitative estimate of drug-likeness (QED) is 0.445. The molecule has 22 heavy (non-hydrogen) atoms. The summed E-state index contributed by atoms with van der Waals surface area (Å²) in [5.74, 6) is 0.239. The van der Waals surface area contributed by atoms with E-state index in [0.29, 0.717) is 12.3 Å². The molecule has 2 aromatic rings. The van der Waals surface area contributed by atoms with Crippen LogP contribution in [-0.4, -0.2) is 15.9 Å². The molecule has 9 heteroatoms. The molecule has 0 radical (unpaired) electrons. The lowest BCUT2D eigenvalue weighted by molar-refractivity contribution is -0.384. The molecule has 0 aliphatic heterocycles. The Morgan fingerprint density at radius 2 is 1.95 bits per heavy atom. The van der Waals surface area contributed by atoms with Gasteiger partial charge in [-0.2, -0.15) is 0 Å². The molecule has 1 aromatic heterocycles. The third kappa shape index (κ3) is 4.28. The number of benzene rings is 1. The highest BCUT2D eigenvalue weighted by molar-refractivity contribution is 7.80. The maximum absolute atomic E-state index is 11.8. The minimum absolute atomic E-state index is 0.0832. The highest BCUT2D eigenvalue weighted by Gasteiger charge is 2.09. The van der Waals surface area contributed by atoms with Gasteiger partial charge in [0.15, 0.2) is 5.11 Å². The average Bonchev–Trinajstić information content (AvgIpc) is 3.04. The zero-order valence-corrected chi connectivity index (χ0v) is 12.1. The summed E-state index contributed by atoms with van der Waals surface area (Å²) >= 11 is 4.98. The summed E-state index contributed by atoms with van der Waals surface area (Å²) in [5, 5.41) is 13.6. The molecule has 0 saturated carbocycles. The lowest BCUT2D eigenvalue weighted by Crippen LogP contribution is -2.46. The Morgan fingerprint density at radius 1 is 1.23 bits per heavy atom. The van der Waals surface area contributed by atoms with Gasteiger partial charge in [-0.05, 0) is 36.5 Å². The van der Waals surface area contributed by atoms with Crippen LogP contribution in [-0.2, 0) is 6.54 Å². The van der Waals surface area contributed by atoms with Gasteiger partial charge < -0.3 is 9.73 Å². The first-order valence-corrected chi connectivity index (χ1v) is 6.58. The van der Waals surface area contributed by atoms with Crippen LogP contribution in [0.15, 0.2) is 47.1 Å². The second-order valence-electron chi connectivity index (χ2n) is 4.15. The normalized spacial score (nSPS) is 9.82. The fourth-order valence-corrected chi connectivity index (χ4v) is 1.67. The maximum Gasteiger partial charge on any atom is 0.269 e. The van der Waals surface area contributed by atoms with Crippen molar-refractivity contribution in [1.29, 1.82) is 0 Å². The topological polar surface area (TPSA) is 109 Å². The van der Waals surface area contributed by atoms with Crippen LogP contribution in [0.3, 0.4) is 0 Å². The predicted octanol–water partition coefficient (Wildman–Crippen LogP) is 1.50. The molecular formula is C13H12N4O4S. The van der Waals surface area contributed by atoms with Gasteiger partial charge in [0.05, 0.1) is 17.7 Å². The van der Waals surface area contributed by atoms with E-state index in [1.807, 2.05) is 0 Å². The van der Waals surface area contributed by atoms with Crippen LogP contribution in [0.2, 0.25) is 0 Å². The van der Waals surface area contributed by atoms with Crippen molar-refractivity contribution in [3.05, 3.63) is 64.1 Å². The number of carbonyl (C=O) groups is 1. The van der Waals surface area contributed by atoms with E-state index in [2.05, 4.69) is 16.2 Å². The van der Waals surface area contributed by atoms with E-state index in [0.717, 1.165) is 0 Å². The van der Waals surface area contributed by atoms with E-state index in [1.165, 1.54) is 24.3 Å². The summed E-state index contributed by atoms with van der Waals surface area (Å²) in [7, 11) is 0. The Labute approximate surface area is 130 Å². The first-order valence-electron chi connectivity index (χ1n) is 6.17. The van der Waals surface area contributed by atoms with E-state index < -0.39 is 10.8 Å². The number of nitrogens with zero attached hydrogens (tertiary/aromatic N) is 1. The number of hydrogen-bond acceptors (Lipinski definition) is 5. The predicted molar refractivity (Wildman–Crippen MR) is 81.8 cm³/mol. The Morgan fingerprint density at radius 3 is 2.55 bits per heavy atom. The molecule has 114 valence electrons. The van der Waals surface area contributed by atoms with Gasteiger partial charge in [0.25, 0.3) is 11.6 Å². The van der Waals surface area contributed by atoms with Gasteiger partial charge in [0.2, 0.25) is 0 Å². The minimum atomic E-state index is -0.534. The van der Waals surface area contributed by atoms with Gasteiger partial charge in [-0.15, -0.1) is 0 Å². The van der Waals surface area contributed by atoms with Crippen LogP contribution in [0.1, 0.15) is 16.1 Å². The van der Waals surface area contributed by atoms with Gasteiger partial charge in [-0.1, -0.05) is 0 Å². The SMILES string of the molecule is O=C(NNC(=S)NCc1ccco1)c1ccc([N+](=O)[O-])cc1. The number of hydrazine groups is 1. The monoisotopic (exact) mass is 320 g/mol. The average molecular weight is 320 g/mol. The van der Waals surface area contributed by atoms with E-state index in [9.17, 15) is 14.9 Å². The zero-order chi connectivity index (χ0) is 15.9. The molecule has 0 atom stereocenters. The molecule has 0 aliphatic rings. The molecule has 1 amide bonds. The Bertz CT molecular complexity index is 670. The van der Waals surface area contributed by atoms with E-state index in [1.54, 1.807) is 18.4 Å². The molecule has 1 aromatic carbocycles. The third-order valence-corrected chi connectivity index (χ3v) is 2.88. The van der Waals surface area contributed by atoms with Gasteiger partial charge in [-0.25, -0.2) is 0 Å². The zero-order valence-electron chi connectivity index (χ0n) is 11.2. The molecule has 0 fully saturated rings. The van der Waals surface area contributed by atoms with Gasteiger partial charge >= 0.3 is 0 Å².